The van der Waals surface area contributed by atoms with Crippen molar-refractivity contribution in [3.05, 3.63) is 83.9 Å². The quantitative estimate of drug-likeness (QED) is 0.328. The van der Waals surface area contributed by atoms with Gasteiger partial charge in [-0.15, -0.1) is 10.2 Å². The molecule has 0 saturated carbocycles. The molecule has 10 heteroatoms. The molecule has 0 radical (unpaired) electrons. The Morgan fingerprint density at radius 3 is 2.59 bits per heavy atom. The molecule has 1 amide bonds. The van der Waals surface area contributed by atoms with Gasteiger partial charge in [-0.3, -0.25) is 9.78 Å². The number of nitrogens with one attached hydrogen (secondary N) is 1. The zero-order valence-electron chi connectivity index (χ0n) is 19.9. The zero-order chi connectivity index (χ0) is 25.9. The summed E-state index contributed by atoms with van der Waals surface area (Å²) in [5, 5.41) is 22.5. The summed E-state index contributed by atoms with van der Waals surface area (Å²) in [4.78, 5) is 33.1. The average molecular weight is 495 g/mol. The number of rotatable bonds is 6. The van der Waals surface area contributed by atoms with Crippen molar-refractivity contribution in [1.29, 1.82) is 0 Å². The number of carbonyl (C=O) groups excluding carboxylic acids is 2. The first-order chi connectivity index (χ1) is 17.9. The van der Waals surface area contributed by atoms with Gasteiger partial charge in [0.1, 0.15) is 5.52 Å². The number of pyridine rings is 2. The second-order valence-corrected chi connectivity index (χ2v) is 8.19. The third-order valence-electron chi connectivity index (χ3n) is 5.55. The van der Waals surface area contributed by atoms with Crippen LogP contribution < -0.4 is 5.32 Å². The molecule has 5 aromatic rings. The number of amides is 1. The Hall–Kier alpha value is -5.12. The fourth-order valence-corrected chi connectivity index (χ4v) is 3.96. The van der Waals surface area contributed by atoms with Crippen molar-refractivity contribution in [2.75, 3.05) is 12.4 Å². The van der Waals surface area contributed by atoms with Crippen LogP contribution in [0.25, 0.3) is 33.7 Å². The van der Waals surface area contributed by atoms with Crippen molar-refractivity contribution < 1.29 is 23.8 Å². The number of aromatic hydroxyl groups is 1. The molecule has 0 aliphatic carbocycles. The second kappa shape index (κ2) is 9.86. The molecule has 2 aromatic carbocycles. The van der Waals surface area contributed by atoms with Crippen LogP contribution in [-0.4, -0.2) is 44.3 Å². The number of anilines is 1. The Balaban J connectivity index is 1.67. The molecule has 2 N–H and O–H groups in total. The van der Waals surface area contributed by atoms with Gasteiger partial charge in [0, 0.05) is 29.8 Å². The number of esters is 1. The predicted octanol–water partition coefficient (Wildman–Crippen LogP) is 4.39. The lowest BCUT2D eigenvalue weighted by atomic mass is 10.0. The molecule has 0 atom stereocenters. The van der Waals surface area contributed by atoms with E-state index in [-0.39, 0.29) is 34.3 Å². The van der Waals surface area contributed by atoms with Crippen molar-refractivity contribution in [3.63, 3.8) is 0 Å². The van der Waals surface area contributed by atoms with Gasteiger partial charge in [-0.2, -0.15) is 0 Å². The lowest BCUT2D eigenvalue weighted by molar-refractivity contribution is -0.114. The summed E-state index contributed by atoms with van der Waals surface area (Å²) in [6, 6.07) is 17.8. The van der Waals surface area contributed by atoms with E-state index in [0.29, 0.717) is 34.6 Å². The maximum Gasteiger partial charge on any atom is 0.337 e. The van der Waals surface area contributed by atoms with Gasteiger partial charge in [0.2, 0.25) is 11.8 Å². The van der Waals surface area contributed by atoms with Crippen molar-refractivity contribution >= 4 is 28.5 Å². The second-order valence-electron chi connectivity index (χ2n) is 8.19. The number of aromatic nitrogens is 4. The van der Waals surface area contributed by atoms with Crippen molar-refractivity contribution in [3.8, 4) is 28.6 Å². The van der Waals surface area contributed by atoms with Crippen LogP contribution in [0.3, 0.4) is 0 Å². The van der Waals surface area contributed by atoms with Gasteiger partial charge in [0.25, 0.3) is 5.89 Å². The number of methoxy groups -OCH3 is 1. The summed E-state index contributed by atoms with van der Waals surface area (Å²) in [6.45, 7) is 1.36. The molecule has 184 valence electrons. The summed E-state index contributed by atoms with van der Waals surface area (Å²) < 4.78 is 10.7. The fourth-order valence-electron chi connectivity index (χ4n) is 3.96. The van der Waals surface area contributed by atoms with Gasteiger partial charge in [-0.05, 0) is 35.9 Å². The molecule has 0 bridgehead atoms. The minimum Gasteiger partial charge on any atom is -0.504 e. The first kappa shape index (κ1) is 23.6. The maximum absolute atomic E-state index is 12.4. The Kier molecular flexibility index (Phi) is 6.29. The Labute approximate surface area is 211 Å². The number of hydrogen-bond donors (Lipinski definition) is 2. The minimum atomic E-state index is -0.586. The number of ether oxygens (including phenoxy) is 1. The number of fused-ring (bicyclic) bond motifs is 1. The smallest absolute Gasteiger partial charge is 0.337 e. The molecule has 3 aromatic heterocycles. The molecule has 0 aliphatic heterocycles. The number of hydrogen-bond acceptors (Lipinski definition) is 9. The molecule has 37 heavy (non-hydrogen) atoms. The molecule has 5 rings (SSSR count). The summed E-state index contributed by atoms with van der Waals surface area (Å²) in [7, 11) is 1.27. The molecule has 0 saturated heterocycles. The normalized spacial score (nSPS) is 10.9. The van der Waals surface area contributed by atoms with E-state index in [2.05, 4.69) is 25.5 Å². The molecule has 0 unspecified atom stereocenters. The molecule has 0 fully saturated rings. The van der Waals surface area contributed by atoms with Crippen LogP contribution in [0.1, 0.15) is 28.7 Å². The Morgan fingerprint density at radius 1 is 1.03 bits per heavy atom. The van der Waals surface area contributed by atoms with E-state index in [1.165, 1.54) is 26.3 Å². The molecular formula is C27H21N5O5. The number of benzene rings is 2. The van der Waals surface area contributed by atoms with E-state index < -0.39 is 5.97 Å². The Bertz CT molecular complexity index is 1630. The van der Waals surface area contributed by atoms with Gasteiger partial charge in [0.05, 0.1) is 24.8 Å². The standard InChI is InChI=1S/C27H21N5O5/c1-15(33)29-19-13-17(12-18(14-19)27(35)36-2)22-20-9-6-10-28-23(20)25(34)24(30-22)26-32-31-21(37-26)11-16-7-4-3-5-8-16/h3-10,12-14,34H,11H2,1-2H3,(H,29,33). The summed E-state index contributed by atoms with van der Waals surface area (Å²) in [5.41, 5.74) is 2.74. The van der Waals surface area contributed by atoms with E-state index >= 15 is 0 Å². The van der Waals surface area contributed by atoms with Crippen LogP contribution in [0, 0.1) is 0 Å². The summed E-state index contributed by atoms with van der Waals surface area (Å²) >= 11 is 0. The lowest BCUT2D eigenvalue weighted by Gasteiger charge is -2.13. The van der Waals surface area contributed by atoms with Gasteiger partial charge in [-0.1, -0.05) is 30.3 Å². The third-order valence-corrected chi connectivity index (χ3v) is 5.55. The molecule has 3 heterocycles. The zero-order valence-corrected chi connectivity index (χ0v) is 19.9. The molecule has 10 nitrogen and oxygen atoms in total. The van der Waals surface area contributed by atoms with E-state index in [0.717, 1.165) is 5.56 Å². The fraction of sp³-hybridized carbons (Fsp3) is 0.111. The number of nitrogens with zero attached hydrogens (tertiary/aromatic N) is 4. The van der Waals surface area contributed by atoms with Crippen LogP contribution in [0.2, 0.25) is 0 Å². The van der Waals surface area contributed by atoms with Gasteiger partial charge in [-0.25, -0.2) is 9.78 Å². The maximum atomic E-state index is 12.4. The highest BCUT2D eigenvalue weighted by Crippen LogP contribution is 2.38. The van der Waals surface area contributed by atoms with Crippen LogP contribution >= 0.6 is 0 Å². The molecule has 0 aliphatic rings. The van der Waals surface area contributed by atoms with Crippen LogP contribution in [0.4, 0.5) is 5.69 Å². The van der Waals surface area contributed by atoms with Crippen LogP contribution in [0.5, 0.6) is 5.75 Å². The molecular weight excluding hydrogens is 474 g/mol. The van der Waals surface area contributed by atoms with Gasteiger partial charge in [0.15, 0.2) is 11.4 Å². The van der Waals surface area contributed by atoms with Crippen LogP contribution in [0.15, 0.2) is 71.3 Å². The first-order valence-electron chi connectivity index (χ1n) is 11.3. The van der Waals surface area contributed by atoms with Crippen molar-refractivity contribution in [2.24, 2.45) is 0 Å². The highest BCUT2D eigenvalue weighted by atomic mass is 16.5. The van der Waals surface area contributed by atoms with E-state index in [1.54, 1.807) is 24.3 Å². The summed E-state index contributed by atoms with van der Waals surface area (Å²) in [6.07, 6.45) is 1.95. The highest BCUT2D eigenvalue weighted by molar-refractivity contribution is 6.01. The van der Waals surface area contributed by atoms with Crippen molar-refractivity contribution in [2.45, 2.75) is 13.3 Å². The topological polar surface area (TPSA) is 140 Å². The van der Waals surface area contributed by atoms with Crippen LogP contribution in [-0.2, 0) is 16.0 Å². The highest BCUT2D eigenvalue weighted by Gasteiger charge is 2.22. The number of carbonyl (C=O) groups is 2. The van der Waals surface area contributed by atoms with E-state index in [9.17, 15) is 14.7 Å². The predicted molar refractivity (Wildman–Crippen MR) is 135 cm³/mol. The monoisotopic (exact) mass is 495 g/mol. The SMILES string of the molecule is COC(=O)c1cc(NC(C)=O)cc(-c2nc(-c3nnc(Cc4ccccc4)o3)c(O)c3ncccc23)c1. The summed E-state index contributed by atoms with van der Waals surface area (Å²) in [5.74, 6) is -0.748. The van der Waals surface area contributed by atoms with E-state index in [1.807, 2.05) is 30.3 Å². The van der Waals surface area contributed by atoms with E-state index in [4.69, 9.17) is 9.15 Å². The molecule has 0 spiro atoms. The lowest BCUT2D eigenvalue weighted by Crippen LogP contribution is -2.08. The van der Waals surface area contributed by atoms with Gasteiger partial charge >= 0.3 is 5.97 Å². The minimum absolute atomic E-state index is 0.0171. The third kappa shape index (κ3) is 4.85. The van der Waals surface area contributed by atoms with Crippen molar-refractivity contribution in [1.82, 2.24) is 20.2 Å². The Morgan fingerprint density at radius 2 is 1.84 bits per heavy atom. The van der Waals surface area contributed by atoms with Gasteiger partial charge < -0.3 is 19.6 Å². The largest absolute Gasteiger partial charge is 0.504 e. The average Bonchev–Trinajstić information content (AvgIpc) is 3.36. The first-order valence-corrected chi connectivity index (χ1v) is 11.3.